The number of benzene rings is 1. The van der Waals surface area contributed by atoms with Gasteiger partial charge in [-0.2, -0.15) is 0 Å². The van der Waals surface area contributed by atoms with Crippen molar-refractivity contribution in [3.63, 3.8) is 0 Å². The molecule has 5 heteroatoms. The van der Waals surface area contributed by atoms with Crippen LogP contribution in [0.2, 0.25) is 0 Å². The van der Waals surface area contributed by atoms with Gasteiger partial charge in [0.05, 0.1) is 4.90 Å². The molecule has 0 spiro atoms. The fourth-order valence-corrected chi connectivity index (χ4v) is 1.99. The first-order valence-electron chi connectivity index (χ1n) is 4.39. The summed E-state index contributed by atoms with van der Waals surface area (Å²) in [6, 6.07) is 4.97. The summed E-state index contributed by atoms with van der Waals surface area (Å²) in [4.78, 5) is -0.108. The molecule has 15 heavy (non-hydrogen) atoms. The van der Waals surface area contributed by atoms with Crippen molar-refractivity contribution in [1.82, 2.24) is 0 Å². The summed E-state index contributed by atoms with van der Waals surface area (Å²) in [6.45, 7) is 5.52. The van der Waals surface area contributed by atoms with Gasteiger partial charge in [-0.15, -0.1) is 0 Å². The molecule has 0 bridgehead atoms. The molecule has 0 aliphatic carbocycles. The standard InChI is InChI=1S/C10H14O3S.Na/c1-7(2)9-5-4-8(3)10(6-9)14(11,12)13;/h4-7H,1-3H3,(H,11,12,13);/q;+1/p-1. The molecular formula is C10H13NaO3S. The van der Waals surface area contributed by atoms with Crippen molar-refractivity contribution < 1.29 is 42.5 Å². The van der Waals surface area contributed by atoms with Crippen LogP contribution in [-0.4, -0.2) is 13.0 Å². The Morgan fingerprint density at radius 3 is 2.20 bits per heavy atom. The SMILES string of the molecule is Cc1ccc(C(C)C)cc1S(=O)(=O)[O-].[Na+]. The van der Waals surface area contributed by atoms with Crippen LogP contribution >= 0.6 is 0 Å². The van der Waals surface area contributed by atoms with E-state index in [1.54, 1.807) is 13.0 Å². The fraction of sp³-hybridized carbons (Fsp3) is 0.400. The summed E-state index contributed by atoms with van der Waals surface area (Å²) in [5.41, 5.74) is 1.37. The fourth-order valence-electron chi connectivity index (χ4n) is 1.25. The smallest absolute Gasteiger partial charge is 0.744 e. The zero-order valence-electron chi connectivity index (χ0n) is 9.44. The molecule has 1 aromatic carbocycles. The van der Waals surface area contributed by atoms with E-state index in [4.69, 9.17) is 0 Å². The molecule has 1 aromatic rings. The summed E-state index contributed by atoms with van der Waals surface area (Å²) in [5, 5.41) is 0. The summed E-state index contributed by atoms with van der Waals surface area (Å²) < 4.78 is 32.6. The van der Waals surface area contributed by atoms with Gasteiger partial charge in [-0.3, -0.25) is 0 Å². The Kier molecular flexibility index (Phi) is 5.50. The molecule has 0 aliphatic heterocycles. The maximum absolute atomic E-state index is 10.9. The number of aryl methyl sites for hydroxylation is 1. The second-order valence-corrected chi connectivity index (χ2v) is 4.98. The summed E-state index contributed by atoms with van der Waals surface area (Å²) in [6.07, 6.45) is 0. The average Bonchev–Trinajstić information content (AvgIpc) is 2.02. The van der Waals surface area contributed by atoms with Crippen molar-refractivity contribution in [2.24, 2.45) is 0 Å². The minimum absolute atomic E-state index is 0. The Hall–Kier alpha value is 0.130. The second-order valence-electron chi connectivity index (χ2n) is 3.63. The average molecular weight is 236 g/mol. The van der Waals surface area contributed by atoms with Gasteiger partial charge in [0.2, 0.25) is 0 Å². The summed E-state index contributed by atoms with van der Waals surface area (Å²) >= 11 is 0. The third-order valence-electron chi connectivity index (χ3n) is 2.15. The summed E-state index contributed by atoms with van der Waals surface area (Å²) in [5.74, 6) is 0.219. The van der Waals surface area contributed by atoms with Crippen molar-refractivity contribution in [3.05, 3.63) is 29.3 Å². The Bertz CT molecular complexity index is 438. The first-order chi connectivity index (χ1) is 6.32. The van der Waals surface area contributed by atoms with Crippen LogP contribution in [0, 0.1) is 6.92 Å². The van der Waals surface area contributed by atoms with Gasteiger partial charge < -0.3 is 4.55 Å². The van der Waals surface area contributed by atoms with E-state index in [-0.39, 0.29) is 40.4 Å². The van der Waals surface area contributed by atoms with Crippen molar-refractivity contribution in [2.75, 3.05) is 0 Å². The number of hydrogen-bond donors (Lipinski definition) is 0. The Morgan fingerprint density at radius 2 is 1.80 bits per heavy atom. The third-order valence-corrected chi connectivity index (χ3v) is 3.13. The Labute approximate surface area is 113 Å². The number of rotatable bonds is 2. The van der Waals surface area contributed by atoms with Crippen LogP contribution in [0.1, 0.15) is 30.9 Å². The van der Waals surface area contributed by atoms with E-state index in [1.807, 2.05) is 19.9 Å². The largest absolute Gasteiger partial charge is 1.00 e. The maximum atomic E-state index is 10.9. The molecule has 0 saturated carbocycles. The van der Waals surface area contributed by atoms with Crippen LogP contribution < -0.4 is 29.6 Å². The van der Waals surface area contributed by atoms with Crippen molar-refractivity contribution >= 4 is 10.1 Å². The first-order valence-corrected chi connectivity index (χ1v) is 5.79. The normalized spacial score (nSPS) is 11.3. The minimum atomic E-state index is -4.34. The quantitative estimate of drug-likeness (QED) is 0.490. The molecular weight excluding hydrogens is 223 g/mol. The third kappa shape index (κ3) is 3.89. The summed E-state index contributed by atoms with van der Waals surface area (Å²) in [7, 11) is -4.34. The van der Waals surface area contributed by atoms with Gasteiger partial charge in [0.25, 0.3) is 0 Å². The van der Waals surface area contributed by atoms with E-state index in [2.05, 4.69) is 0 Å². The van der Waals surface area contributed by atoms with Crippen LogP contribution in [0.5, 0.6) is 0 Å². The molecule has 0 aromatic heterocycles. The van der Waals surface area contributed by atoms with Gasteiger partial charge in [-0.1, -0.05) is 26.0 Å². The zero-order valence-corrected chi connectivity index (χ0v) is 12.3. The van der Waals surface area contributed by atoms with Gasteiger partial charge in [-0.05, 0) is 30.0 Å². The van der Waals surface area contributed by atoms with E-state index in [1.165, 1.54) is 6.07 Å². The van der Waals surface area contributed by atoms with Gasteiger partial charge >= 0.3 is 29.6 Å². The predicted octanol–water partition coefficient (Wildman–Crippen LogP) is -0.973. The van der Waals surface area contributed by atoms with Crippen LogP contribution in [-0.2, 0) is 10.1 Å². The number of hydrogen-bond acceptors (Lipinski definition) is 3. The second kappa shape index (κ2) is 5.46. The van der Waals surface area contributed by atoms with Crippen LogP contribution in [0.3, 0.4) is 0 Å². The minimum Gasteiger partial charge on any atom is -0.744 e. The molecule has 1 rings (SSSR count). The monoisotopic (exact) mass is 236 g/mol. The molecule has 3 nitrogen and oxygen atoms in total. The molecule has 0 N–H and O–H groups in total. The van der Waals surface area contributed by atoms with E-state index in [9.17, 15) is 13.0 Å². The van der Waals surface area contributed by atoms with E-state index >= 15 is 0 Å². The van der Waals surface area contributed by atoms with Crippen molar-refractivity contribution in [2.45, 2.75) is 31.6 Å². The predicted molar refractivity (Wildman–Crippen MR) is 53.2 cm³/mol. The van der Waals surface area contributed by atoms with E-state index < -0.39 is 10.1 Å². The van der Waals surface area contributed by atoms with Crippen molar-refractivity contribution in [3.8, 4) is 0 Å². The van der Waals surface area contributed by atoms with Gasteiger partial charge in [0, 0.05) is 0 Å². The van der Waals surface area contributed by atoms with Gasteiger partial charge in [0.15, 0.2) is 0 Å². The van der Waals surface area contributed by atoms with E-state index in [0.717, 1.165) is 5.56 Å². The molecule has 0 fully saturated rings. The molecule has 0 atom stereocenters. The molecule has 0 heterocycles. The van der Waals surface area contributed by atoms with Gasteiger partial charge in [-0.25, -0.2) is 8.42 Å². The molecule has 0 aliphatic rings. The topological polar surface area (TPSA) is 57.2 Å². The Morgan fingerprint density at radius 1 is 1.27 bits per heavy atom. The Balaban J connectivity index is 0.00000196. The molecule has 0 amide bonds. The van der Waals surface area contributed by atoms with Crippen LogP contribution in [0.15, 0.2) is 23.1 Å². The molecule has 0 radical (unpaired) electrons. The molecule has 78 valence electrons. The molecule has 0 unspecified atom stereocenters. The van der Waals surface area contributed by atoms with Crippen LogP contribution in [0.4, 0.5) is 0 Å². The maximum Gasteiger partial charge on any atom is 1.00 e. The zero-order chi connectivity index (χ0) is 10.9. The van der Waals surface area contributed by atoms with Crippen molar-refractivity contribution in [1.29, 1.82) is 0 Å². The van der Waals surface area contributed by atoms with Gasteiger partial charge in [0.1, 0.15) is 10.1 Å². The molecule has 0 saturated heterocycles. The van der Waals surface area contributed by atoms with Crippen LogP contribution in [0.25, 0.3) is 0 Å². The van der Waals surface area contributed by atoms with E-state index in [0.29, 0.717) is 5.56 Å². The first kappa shape index (κ1) is 15.1.